The fraction of sp³-hybridized carbons (Fsp3) is 0.600. The van der Waals surface area contributed by atoms with Crippen LogP contribution in [0, 0.1) is 0 Å². The monoisotopic (exact) mass is 219 g/mol. The van der Waals surface area contributed by atoms with Crippen LogP contribution < -0.4 is 5.73 Å². The first-order valence-electron chi connectivity index (χ1n) is 6.63. The van der Waals surface area contributed by atoms with Crippen molar-refractivity contribution in [3.8, 4) is 0 Å². The zero-order valence-corrected chi connectivity index (χ0v) is 10.7. The van der Waals surface area contributed by atoms with Gasteiger partial charge < -0.3 is 5.73 Å². The Bertz CT molecular complexity index is 276. The largest absolute Gasteiger partial charge is 0.399 e. The lowest BCUT2D eigenvalue weighted by Crippen LogP contribution is -1.98. The second kappa shape index (κ2) is 7.32. The summed E-state index contributed by atoms with van der Waals surface area (Å²) in [6, 6.07) is 8.40. The van der Waals surface area contributed by atoms with E-state index in [9.17, 15) is 0 Å². The van der Waals surface area contributed by atoms with E-state index < -0.39 is 0 Å². The summed E-state index contributed by atoms with van der Waals surface area (Å²) < 4.78 is 0. The van der Waals surface area contributed by atoms with Crippen molar-refractivity contribution in [2.75, 3.05) is 5.73 Å². The van der Waals surface area contributed by atoms with Crippen molar-refractivity contribution in [2.45, 2.75) is 58.3 Å². The highest BCUT2D eigenvalue weighted by Gasteiger charge is 2.08. The van der Waals surface area contributed by atoms with Gasteiger partial charge in [0, 0.05) is 5.69 Å². The van der Waals surface area contributed by atoms with Gasteiger partial charge in [-0.2, -0.15) is 0 Å². The minimum absolute atomic E-state index is 0.720. The number of nitrogens with two attached hydrogens (primary N) is 1. The molecular weight excluding hydrogens is 194 g/mol. The normalized spacial score (nSPS) is 12.6. The molecule has 1 aromatic carbocycles. The minimum atomic E-state index is 0.720. The molecule has 0 radical (unpaired) electrons. The summed E-state index contributed by atoms with van der Waals surface area (Å²) in [5.74, 6) is 0.720. The van der Waals surface area contributed by atoms with Crippen molar-refractivity contribution in [2.24, 2.45) is 0 Å². The van der Waals surface area contributed by atoms with Crippen LogP contribution in [0.5, 0.6) is 0 Å². The average Bonchev–Trinajstić information content (AvgIpc) is 2.31. The Hall–Kier alpha value is -0.980. The molecule has 1 rings (SSSR count). The molecule has 0 heterocycles. The molecule has 0 bridgehead atoms. The maximum atomic E-state index is 5.71. The van der Waals surface area contributed by atoms with Gasteiger partial charge in [0.25, 0.3) is 0 Å². The zero-order valence-electron chi connectivity index (χ0n) is 10.7. The smallest absolute Gasteiger partial charge is 0.0314 e. The highest BCUT2D eigenvalue weighted by Crippen LogP contribution is 2.26. The van der Waals surface area contributed by atoms with Gasteiger partial charge in [0.05, 0.1) is 0 Å². The number of unbranched alkanes of at least 4 members (excludes halogenated alkanes) is 3. The molecule has 0 aliphatic rings. The van der Waals surface area contributed by atoms with Gasteiger partial charge in [-0.1, -0.05) is 51.7 Å². The summed E-state index contributed by atoms with van der Waals surface area (Å²) in [5.41, 5.74) is 8.03. The number of hydrogen-bond donors (Lipinski definition) is 1. The van der Waals surface area contributed by atoms with Crippen LogP contribution in [0.25, 0.3) is 0 Å². The van der Waals surface area contributed by atoms with Gasteiger partial charge in [0.15, 0.2) is 0 Å². The third-order valence-corrected chi connectivity index (χ3v) is 3.31. The first-order valence-corrected chi connectivity index (χ1v) is 6.63. The fourth-order valence-corrected chi connectivity index (χ4v) is 2.19. The number of rotatable bonds is 7. The molecule has 0 aromatic heterocycles. The van der Waals surface area contributed by atoms with Crippen LogP contribution in [-0.4, -0.2) is 0 Å². The van der Waals surface area contributed by atoms with Crippen molar-refractivity contribution < 1.29 is 0 Å². The standard InChI is InChI=1S/C15H25N/c1-3-5-6-7-8-13(4-2)14-9-11-15(16)12-10-14/h9-13H,3-8,16H2,1-2H3. The van der Waals surface area contributed by atoms with Crippen LogP contribution in [0.1, 0.15) is 63.9 Å². The molecule has 1 atom stereocenters. The van der Waals surface area contributed by atoms with Crippen LogP contribution >= 0.6 is 0 Å². The van der Waals surface area contributed by atoms with E-state index in [0.717, 1.165) is 11.6 Å². The van der Waals surface area contributed by atoms with Crippen molar-refractivity contribution in [3.63, 3.8) is 0 Å². The molecule has 0 spiro atoms. The number of anilines is 1. The van der Waals surface area contributed by atoms with Crippen LogP contribution in [0.4, 0.5) is 5.69 Å². The predicted molar refractivity (Wildman–Crippen MR) is 72.6 cm³/mol. The Morgan fingerprint density at radius 2 is 1.69 bits per heavy atom. The molecule has 2 N–H and O–H groups in total. The minimum Gasteiger partial charge on any atom is -0.399 e. The third kappa shape index (κ3) is 4.26. The van der Waals surface area contributed by atoms with Gasteiger partial charge in [-0.05, 0) is 36.5 Å². The Balaban J connectivity index is 2.44. The summed E-state index contributed by atoms with van der Waals surface area (Å²) in [6.07, 6.45) is 7.98. The molecular formula is C15H25N. The molecule has 1 unspecified atom stereocenters. The molecule has 0 amide bonds. The molecule has 0 saturated carbocycles. The highest BCUT2D eigenvalue weighted by molar-refractivity contribution is 5.40. The summed E-state index contributed by atoms with van der Waals surface area (Å²) >= 11 is 0. The van der Waals surface area contributed by atoms with Crippen LogP contribution in [0.2, 0.25) is 0 Å². The van der Waals surface area contributed by atoms with E-state index in [0.29, 0.717) is 0 Å². The molecule has 0 aliphatic heterocycles. The van der Waals surface area contributed by atoms with E-state index >= 15 is 0 Å². The van der Waals surface area contributed by atoms with Gasteiger partial charge >= 0.3 is 0 Å². The van der Waals surface area contributed by atoms with Gasteiger partial charge in [0.1, 0.15) is 0 Å². The molecule has 16 heavy (non-hydrogen) atoms. The number of benzene rings is 1. The van der Waals surface area contributed by atoms with Crippen LogP contribution in [0.15, 0.2) is 24.3 Å². The van der Waals surface area contributed by atoms with Gasteiger partial charge in [-0.15, -0.1) is 0 Å². The SMILES string of the molecule is CCCCCCC(CC)c1ccc(N)cc1. The lowest BCUT2D eigenvalue weighted by Gasteiger charge is -2.15. The highest BCUT2D eigenvalue weighted by atomic mass is 14.5. The van der Waals surface area contributed by atoms with E-state index in [4.69, 9.17) is 5.73 Å². The first kappa shape index (κ1) is 13.1. The summed E-state index contributed by atoms with van der Waals surface area (Å²) in [7, 11) is 0. The molecule has 0 fully saturated rings. The second-order valence-electron chi connectivity index (χ2n) is 4.62. The third-order valence-electron chi connectivity index (χ3n) is 3.31. The lowest BCUT2D eigenvalue weighted by atomic mass is 9.91. The van der Waals surface area contributed by atoms with Crippen LogP contribution in [-0.2, 0) is 0 Å². The zero-order chi connectivity index (χ0) is 11.8. The van der Waals surface area contributed by atoms with Crippen molar-refractivity contribution in [1.82, 2.24) is 0 Å². The molecule has 90 valence electrons. The molecule has 0 aliphatic carbocycles. The molecule has 1 heteroatoms. The van der Waals surface area contributed by atoms with E-state index in [2.05, 4.69) is 26.0 Å². The van der Waals surface area contributed by atoms with Crippen molar-refractivity contribution in [1.29, 1.82) is 0 Å². The molecule has 1 aromatic rings. The Morgan fingerprint density at radius 1 is 1.00 bits per heavy atom. The van der Waals surface area contributed by atoms with E-state index in [1.54, 1.807) is 0 Å². The summed E-state index contributed by atoms with van der Waals surface area (Å²) in [5, 5.41) is 0. The maximum Gasteiger partial charge on any atom is 0.0314 e. The van der Waals surface area contributed by atoms with E-state index in [1.807, 2.05) is 12.1 Å². The Labute approximate surface area is 100 Å². The van der Waals surface area contributed by atoms with Crippen LogP contribution in [0.3, 0.4) is 0 Å². The number of hydrogen-bond acceptors (Lipinski definition) is 1. The van der Waals surface area contributed by atoms with E-state index in [1.165, 1.54) is 44.1 Å². The lowest BCUT2D eigenvalue weighted by molar-refractivity contribution is 0.542. The topological polar surface area (TPSA) is 26.0 Å². The summed E-state index contributed by atoms with van der Waals surface area (Å²) in [6.45, 7) is 4.54. The van der Waals surface area contributed by atoms with Gasteiger partial charge in [-0.25, -0.2) is 0 Å². The fourth-order valence-electron chi connectivity index (χ4n) is 2.19. The summed E-state index contributed by atoms with van der Waals surface area (Å²) in [4.78, 5) is 0. The predicted octanol–water partition coefficient (Wildman–Crippen LogP) is 4.73. The quantitative estimate of drug-likeness (QED) is 0.520. The van der Waals surface area contributed by atoms with E-state index in [-0.39, 0.29) is 0 Å². The maximum absolute atomic E-state index is 5.71. The van der Waals surface area contributed by atoms with Crippen molar-refractivity contribution in [3.05, 3.63) is 29.8 Å². The van der Waals surface area contributed by atoms with Crippen molar-refractivity contribution >= 4 is 5.69 Å². The van der Waals surface area contributed by atoms with Gasteiger partial charge in [-0.3, -0.25) is 0 Å². The second-order valence-corrected chi connectivity index (χ2v) is 4.62. The Morgan fingerprint density at radius 3 is 2.25 bits per heavy atom. The number of nitrogen functional groups attached to an aromatic ring is 1. The molecule has 1 nitrogen and oxygen atoms in total. The average molecular weight is 219 g/mol. The molecule has 0 saturated heterocycles. The first-order chi connectivity index (χ1) is 7.77. The Kier molecular flexibility index (Phi) is 5.99. The van der Waals surface area contributed by atoms with Gasteiger partial charge in [0.2, 0.25) is 0 Å².